The number of nitrogens with zero attached hydrogens (tertiary/aromatic N) is 2. The molecule has 7 heteroatoms. The highest BCUT2D eigenvalue weighted by atomic mass is 35.5. The molecule has 5 rings (SSSR count). The lowest BCUT2D eigenvalue weighted by Gasteiger charge is -2.37. The number of carbonyl (C=O) groups excluding carboxylic acids is 2. The molecule has 1 saturated heterocycles. The number of nitrogens with two attached hydrogens (primary N) is 1. The van der Waals surface area contributed by atoms with Crippen LogP contribution in [0.3, 0.4) is 0 Å². The summed E-state index contributed by atoms with van der Waals surface area (Å²) in [6.45, 7) is 3.86. The molecule has 0 bridgehead atoms. The van der Waals surface area contributed by atoms with Crippen molar-refractivity contribution >= 4 is 29.0 Å². The van der Waals surface area contributed by atoms with Crippen molar-refractivity contribution in [3.05, 3.63) is 63.7 Å². The maximum atomic E-state index is 13.4. The van der Waals surface area contributed by atoms with Crippen LogP contribution in [0.25, 0.3) is 16.7 Å². The summed E-state index contributed by atoms with van der Waals surface area (Å²) in [5.41, 5.74) is 12.9. The van der Waals surface area contributed by atoms with Gasteiger partial charge in [0.15, 0.2) is 0 Å². The van der Waals surface area contributed by atoms with Crippen LogP contribution in [-0.2, 0) is 11.2 Å². The van der Waals surface area contributed by atoms with Gasteiger partial charge in [-0.3, -0.25) is 14.5 Å². The fraction of sp³-hybridized carbons (Fsp3) is 0.407. The Morgan fingerprint density at radius 1 is 1.06 bits per heavy atom. The maximum Gasteiger partial charge on any atom is 0.249 e. The van der Waals surface area contributed by atoms with E-state index in [2.05, 4.69) is 11.0 Å². The van der Waals surface area contributed by atoms with E-state index in [9.17, 15) is 9.59 Å². The van der Waals surface area contributed by atoms with Gasteiger partial charge in [0.1, 0.15) is 0 Å². The van der Waals surface area contributed by atoms with Crippen molar-refractivity contribution in [2.45, 2.75) is 25.7 Å². The molecule has 1 fully saturated rings. The lowest BCUT2D eigenvalue weighted by Crippen LogP contribution is -2.51. The van der Waals surface area contributed by atoms with Crippen LogP contribution in [0.5, 0.6) is 0 Å². The minimum Gasteiger partial charge on any atom is -0.395 e. The first kappa shape index (κ1) is 23.1. The SMILES string of the molecule is NC(=O)c1cc(-c2ccc(Cl)cc2)cc2c1CC1=C2CC(C(=O)N2CCN(CCO)CC2)CC1. The van der Waals surface area contributed by atoms with Gasteiger partial charge < -0.3 is 15.7 Å². The van der Waals surface area contributed by atoms with E-state index >= 15 is 0 Å². The number of benzene rings is 2. The summed E-state index contributed by atoms with van der Waals surface area (Å²) < 4.78 is 0. The number of halogens is 1. The predicted molar refractivity (Wildman–Crippen MR) is 133 cm³/mol. The minimum absolute atomic E-state index is 0.0368. The summed E-state index contributed by atoms with van der Waals surface area (Å²) >= 11 is 6.07. The van der Waals surface area contributed by atoms with Crippen molar-refractivity contribution in [1.82, 2.24) is 9.80 Å². The first-order valence-electron chi connectivity index (χ1n) is 12.0. The second kappa shape index (κ2) is 9.53. The second-order valence-electron chi connectivity index (χ2n) is 9.51. The molecule has 1 unspecified atom stereocenters. The van der Waals surface area contributed by atoms with Crippen LogP contribution in [0.15, 0.2) is 42.0 Å². The average molecular weight is 480 g/mol. The Kier molecular flexibility index (Phi) is 6.47. The van der Waals surface area contributed by atoms with E-state index in [1.165, 1.54) is 11.1 Å². The molecule has 2 aromatic carbocycles. The number of rotatable bonds is 5. The van der Waals surface area contributed by atoms with Gasteiger partial charge in [-0.1, -0.05) is 29.3 Å². The van der Waals surface area contributed by atoms with E-state index in [1.54, 1.807) is 0 Å². The molecule has 3 aliphatic rings. The quantitative estimate of drug-likeness (QED) is 0.688. The third kappa shape index (κ3) is 4.38. The summed E-state index contributed by atoms with van der Waals surface area (Å²) in [5.74, 6) is -0.224. The molecule has 0 spiro atoms. The normalized spacial score (nSPS) is 20.3. The van der Waals surface area contributed by atoms with Crippen molar-refractivity contribution in [3.8, 4) is 11.1 Å². The van der Waals surface area contributed by atoms with E-state index in [1.807, 2.05) is 35.2 Å². The lowest BCUT2D eigenvalue weighted by molar-refractivity contribution is -0.137. The standard InChI is InChI=1S/C27H30ClN3O3/c28-21-5-3-17(4-6-21)20-15-23-22-14-19(27(34)31-9-7-30(8-10-31)11-12-32)2-1-18(22)13-24(23)25(16-20)26(29)33/h3-6,15-16,19,32H,1-2,7-14H2,(H2,29,33). The Balaban J connectivity index is 1.40. The summed E-state index contributed by atoms with van der Waals surface area (Å²) in [7, 11) is 0. The lowest BCUT2D eigenvalue weighted by atomic mass is 9.82. The molecule has 2 aromatic rings. The molecule has 0 aromatic heterocycles. The molecule has 34 heavy (non-hydrogen) atoms. The Morgan fingerprint density at radius 2 is 1.79 bits per heavy atom. The van der Waals surface area contributed by atoms with Crippen LogP contribution in [-0.4, -0.2) is 66.1 Å². The van der Waals surface area contributed by atoms with Crippen LogP contribution in [0.2, 0.25) is 5.02 Å². The maximum absolute atomic E-state index is 13.4. The van der Waals surface area contributed by atoms with Crippen molar-refractivity contribution < 1.29 is 14.7 Å². The van der Waals surface area contributed by atoms with Crippen molar-refractivity contribution in [2.75, 3.05) is 39.3 Å². The second-order valence-corrected chi connectivity index (χ2v) is 9.95. The molecule has 1 aliphatic heterocycles. The molecule has 6 nitrogen and oxygen atoms in total. The van der Waals surface area contributed by atoms with Gasteiger partial charge >= 0.3 is 0 Å². The summed E-state index contributed by atoms with van der Waals surface area (Å²) in [6.07, 6.45) is 3.17. The Morgan fingerprint density at radius 3 is 2.47 bits per heavy atom. The van der Waals surface area contributed by atoms with Crippen LogP contribution in [0, 0.1) is 5.92 Å². The van der Waals surface area contributed by atoms with Crippen molar-refractivity contribution in [1.29, 1.82) is 0 Å². The average Bonchev–Trinajstić information content (AvgIpc) is 3.22. The molecule has 0 saturated carbocycles. The number of aliphatic hydroxyl groups is 1. The van der Waals surface area contributed by atoms with Crippen LogP contribution >= 0.6 is 11.6 Å². The predicted octanol–water partition coefficient (Wildman–Crippen LogP) is 3.35. The van der Waals surface area contributed by atoms with Gasteiger partial charge in [0.25, 0.3) is 0 Å². The number of β-amino-alcohol motifs (C(OH)–C–C–N with tert-alkyl or cyclic N) is 1. The molecular formula is C27H30ClN3O3. The molecule has 1 heterocycles. The number of hydrogen-bond acceptors (Lipinski definition) is 4. The third-order valence-electron chi connectivity index (χ3n) is 7.53. The number of primary amides is 1. The number of carbonyl (C=O) groups is 2. The zero-order valence-corrected chi connectivity index (χ0v) is 20.0. The fourth-order valence-corrected chi connectivity index (χ4v) is 5.79. The Bertz CT molecular complexity index is 1150. The molecule has 2 amide bonds. The molecule has 3 N–H and O–H groups in total. The van der Waals surface area contributed by atoms with E-state index < -0.39 is 5.91 Å². The first-order chi connectivity index (χ1) is 16.4. The smallest absolute Gasteiger partial charge is 0.249 e. The molecule has 1 atom stereocenters. The highest BCUT2D eigenvalue weighted by molar-refractivity contribution is 6.30. The summed E-state index contributed by atoms with van der Waals surface area (Å²) in [5, 5.41) is 9.82. The van der Waals surface area contributed by atoms with Crippen molar-refractivity contribution in [2.24, 2.45) is 11.7 Å². The third-order valence-corrected chi connectivity index (χ3v) is 7.78. The van der Waals surface area contributed by atoms with E-state index in [-0.39, 0.29) is 18.4 Å². The highest BCUT2D eigenvalue weighted by Crippen LogP contribution is 2.46. The Labute approximate surface area is 205 Å². The first-order valence-corrected chi connectivity index (χ1v) is 12.4. The summed E-state index contributed by atoms with van der Waals surface area (Å²) in [4.78, 5) is 29.9. The fourth-order valence-electron chi connectivity index (χ4n) is 5.66. The molecule has 0 radical (unpaired) electrons. The van der Waals surface area contributed by atoms with Gasteiger partial charge in [-0.2, -0.15) is 0 Å². The van der Waals surface area contributed by atoms with Crippen LogP contribution in [0.4, 0.5) is 0 Å². The number of amides is 2. The van der Waals surface area contributed by atoms with Crippen molar-refractivity contribution in [3.63, 3.8) is 0 Å². The monoisotopic (exact) mass is 479 g/mol. The van der Waals surface area contributed by atoms with Crippen LogP contribution in [0.1, 0.15) is 40.7 Å². The topological polar surface area (TPSA) is 86.9 Å². The minimum atomic E-state index is -0.416. The van der Waals surface area contributed by atoms with Crippen LogP contribution < -0.4 is 5.73 Å². The largest absolute Gasteiger partial charge is 0.395 e. The number of hydrogen-bond donors (Lipinski definition) is 2. The van der Waals surface area contributed by atoms with E-state index in [4.69, 9.17) is 22.4 Å². The van der Waals surface area contributed by atoms with Gasteiger partial charge in [-0.25, -0.2) is 0 Å². The highest BCUT2D eigenvalue weighted by Gasteiger charge is 2.35. The number of allylic oxidation sites excluding steroid dienone is 2. The van der Waals surface area contributed by atoms with Gasteiger partial charge in [-0.15, -0.1) is 0 Å². The van der Waals surface area contributed by atoms with E-state index in [0.717, 1.165) is 54.6 Å². The van der Waals surface area contributed by atoms with Gasteiger partial charge in [0.2, 0.25) is 11.8 Å². The molecule has 2 aliphatic carbocycles. The molecular weight excluding hydrogens is 450 g/mol. The summed E-state index contributed by atoms with van der Waals surface area (Å²) in [6, 6.07) is 11.6. The number of fused-ring (bicyclic) bond motifs is 2. The molecule has 178 valence electrons. The van der Waals surface area contributed by atoms with E-state index in [0.29, 0.717) is 36.6 Å². The van der Waals surface area contributed by atoms with Gasteiger partial charge in [0, 0.05) is 49.2 Å². The number of piperazine rings is 1. The zero-order valence-electron chi connectivity index (χ0n) is 19.2. The van der Waals surface area contributed by atoms with Gasteiger partial charge in [-0.05, 0) is 77.8 Å². The Hall–Kier alpha value is -2.67. The number of aliphatic hydroxyl groups excluding tert-OH is 1. The zero-order chi connectivity index (χ0) is 23.8. The van der Waals surface area contributed by atoms with Gasteiger partial charge in [0.05, 0.1) is 6.61 Å².